The summed E-state index contributed by atoms with van der Waals surface area (Å²) in [6.45, 7) is 1.98. The Bertz CT molecular complexity index is 186. The second-order valence-corrected chi connectivity index (χ2v) is 2.63. The van der Waals surface area contributed by atoms with Gasteiger partial charge in [0, 0.05) is 6.92 Å². The molecule has 1 fully saturated rings. The smallest absolute Gasteiger partial charge is 0.304 e. The van der Waals surface area contributed by atoms with E-state index in [-0.39, 0.29) is 6.04 Å². The van der Waals surface area contributed by atoms with E-state index < -0.39 is 11.9 Å². The first-order chi connectivity index (χ1) is 5.70. The van der Waals surface area contributed by atoms with Gasteiger partial charge in [-0.3, -0.25) is 0 Å². The Balaban J connectivity index is 2.23. The van der Waals surface area contributed by atoms with Crippen LogP contribution in [0.15, 0.2) is 0 Å². The maximum Gasteiger partial charge on any atom is 0.372 e. The molecule has 0 unspecified atom stereocenters. The molecule has 0 aliphatic carbocycles. The zero-order chi connectivity index (χ0) is 8.97. The number of nitrogens with one attached hydrogen (secondary N) is 1. The van der Waals surface area contributed by atoms with Crippen LogP contribution < -0.4 is 5.32 Å². The lowest BCUT2D eigenvalue weighted by Gasteiger charge is -2.06. The Kier molecular flexibility index (Phi) is 3.04. The van der Waals surface area contributed by atoms with Crippen molar-refractivity contribution in [2.45, 2.75) is 25.8 Å². The van der Waals surface area contributed by atoms with Gasteiger partial charge in [0.25, 0.3) is 0 Å². The summed E-state index contributed by atoms with van der Waals surface area (Å²) in [6.07, 6.45) is 1.68. The van der Waals surface area contributed by atoms with E-state index >= 15 is 0 Å². The van der Waals surface area contributed by atoms with Gasteiger partial charge >= 0.3 is 11.9 Å². The first kappa shape index (κ1) is 8.99. The van der Waals surface area contributed by atoms with E-state index in [1.165, 1.54) is 6.92 Å². The average Bonchev–Trinajstić information content (AvgIpc) is 2.51. The monoisotopic (exact) mass is 173 g/mol. The molecule has 1 aliphatic rings. The normalized spacial score (nSPS) is 21.9. The molecule has 1 atom stereocenters. The molecule has 5 nitrogen and oxygen atoms in total. The minimum absolute atomic E-state index is 0.315. The van der Waals surface area contributed by atoms with Crippen LogP contribution in [0, 0.1) is 0 Å². The molecule has 0 radical (unpaired) electrons. The van der Waals surface area contributed by atoms with Crippen LogP contribution >= 0.6 is 0 Å². The van der Waals surface area contributed by atoms with Crippen LogP contribution in [0.25, 0.3) is 0 Å². The standard InChI is InChI=1S/C7H11NO4/c1-5(9)11-12-7(10)6-3-2-4-8-6/h6,8H,2-4H2,1H3/t6-/m0/s1. The van der Waals surface area contributed by atoms with Crippen LogP contribution in [0.3, 0.4) is 0 Å². The lowest BCUT2D eigenvalue weighted by Crippen LogP contribution is -2.32. The summed E-state index contributed by atoms with van der Waals surface area (Å²) >= 11 is 0. The molecule has 68 valence electrons. The van der Waals surface area contributed by atoms with Crippen molar-refractivity contribution in [1.29, 1.82) is 0 Å². The fraction of sp³-hybridized carbons (Fsp3) is 0.714. The molecule has 1 aliphatic heterocycles. The van der Waals surface area contributed by atoms with Crippen LogP contribution in [-0.4, -0.2) is 24.5 Å². The fourth-order valence-corrected chi connectivity index (χ4v) is 1.04. The molecule has 0 aromatic rings. The largest absolute Gasteiger partial charge is 0.372 e. The highest BCUT2D eigenvalue weighted by Crippen LogP contribution is 2.06. The number of rotatable bonds is 1. The van der Waals surface area contributed by atoms with Crippen molar-refractivity contribution in [2.75, 3.05) is 6.54 Å². The van der Waals surface area contributed by atoms with E-state index in [9.17, 15) is 9.59 Å². The lowest BCUT2D eigenvalue weighted by molar-refractivity contribution is -0.258. The molecular weight excluding hydrogens is 162 g/mol. The summed E-state index contributed by atoms with van der Waals surface area (Å²) in [7, 11) is 0. The topological polar surface area (TPSA) is 64.6 Å². The first-order valence-corrected chi connectivity index (χ1v) is 3.82. The highest BCUT2D eigenvalue weighted by molar-refractivity contribution is 5.76. The Labute approximate surface area is 70.0 Å². The summed E-state index contributed by atoms with van der Waals surface area (Å²) in [5.41, 5.74) is 0. The van der Waals surface area contributed by atoms with Gasteiger partial charge in [0.2, 0.25) is 0 Å². The minimum atomic E-state index is -0.624. The molecular formula is C7H11NO4. The van der Waals surface area contributed by atoms with Gasteiger partial charge in [0.1, 0.15) is 6.04 Å². The molecule has 12 heavy (non-hydrogen) atoms. The van der Waals surface area contributed by atoms with Crippen molar-refractivity contribution < 1.29 is 19.4 Å². The van der Waals surface area contributed by atoms with Crippen molar-refractivity contribution in [1.82, 2.24) is 5.32 Å². The van der Waals surface area contributed by atoms with Crippen LogP contribution in [0.2, 0.25) is 0 Å². The Morgan fingerprint density at radius 3 is 2.67 bits per heavy atom. The van der Waals surface area contributed by atoms with E-state index in [0.29, 0.717) is 0 Å². The van der Waals surface area contributed by atoms with Crippen LogP contribution in [0.1, 0.15) is 19.8 Å². The zero-order valence-corrected chi connectivity index (χ0v) is 6.83. The van der Waals surface area contributed by atoms with Crippen molar-refractivity contribution >= 4 is 11.9 Å². The second kappa shape index (κ2) is 4.06. The first-order valence-electron chi connectivity index (χ1n) is 3.82. The van der Waals surface area contributed by atoms with Crippen molar-refractivity contribution in [3.8, 4) is 0 Å². The van der Waals surface area contributed by atoms with Crippen molar-refractivity contribution in [2.24, 2.45) is 0 Å². The minimum Gasteiger partial charge on any atom is -0.304 e. The Morgan fingerprint density at radius 1 is 1.42 bits per heavy atom. The van der Waals surface area contributed by atoms with E-state index in [1.54, 1.807) is 0 Å². The van der Waals surface area contributed by atoms with Gasteiger partial charge in [-0.2, -0.15) is 0 Å². The molecule has 0 spiro atoms. The van der Waals surface area contributed by atoms with E-state index in [1.807, 2.05) is 0 Å². The molecule has 1 heterocycles. The molecule has 0 amide bonds. The van der Waals surface area contributed by atoms with Crippen LogP contribution in [-0.2, 0) is 19.4 Å². The van der Waals surface area contributed by atoms with Crippen LogP contribution in [0.4, 0.5) is 0 Å². The molecule has 1 N–H and O–H groups in total. The summed E-state index contributed by atoms with van der Waals surface area (Å²) < 4.78 is 0. The fourth-order valence-electron chi connectivity index (χ4n) is 1.04. The average molecular weight is 173 g/mol. The van der Waals surface area contributed by atoms with Crippen molar-refractivity contribution in [3.05, 3.63) is 0 Å². The SMILES string of the molecule is CC(=O)OOC(=O)[C@@H]1CCCN1. The molecule has 0 aromatic heterocycles. The lowest BCUT2D eigenvalue weighted by atomic mass is 10.2. The van der Waals surface area contributed by atoms with Gasteiger partial charge < -0.3 is 5.32 Å². The molecule has 5 heteroatoms. The third kappa shape index (κ3) is 2.50. The molecule has 1 saturated heterocycles. The van der Waals surface area contributed by atoms with Gasteiger partial charge in [-0.25, -0.2) is 19.4 Å². The molecule has 0 aromatic carbocycles. The molecule has 0 bridgehead atoms. The van der Waals surface area contributed by atoms with Gasteiger partial charge in [-0.15, -0.1) is 0 Å². The predicted molar refractivity (Wildman–Crippen MR) is 38.9 cm³/mol. The summed E-state index contributed by atoms with van der Waals surface area (Å²) in [6, 6.07) is -0.315. The van der Waals surface area contributed by atoms with E-state index in [4.69, 9.17) is 0 Å². The van der Waals surface area contributed by atoms with Gasteiger partial charge in [0.15, 0.2) is 0 Å². The van der Waals surface area contributed by atoms with Crippen LogP contribution in [0.5, 0.6) is 0 Å². The Morgan fingerprint density at radius 2 is 2.17 bits per heavy atom. The second-order valence-electron chi connectivity index (χ2n) is 2.63. The number of carbonyl (C=O) groups is 2. The zero-order valence-electron chi connectivity index (χ0n) is 6.83. The highest BCUT2D eigenvalue weighted by atomic mass is 17.2. The Hall–Kier alpha value is -1.10. The summed E-state index contributed by atoms with van der Waals surface area (Å²) in [5.74, 6) is -1.15. The highest BCUT2D eigenvalue weighted by Gasteiger charge is 2.24. The van der Waals surface area contributed by atoms with E-state index in [2.05, 4.69) is 15.1 Å². The van der Waals surface area contributed by atoms with Gasteiger partial charge in [0.05, 0.1) is 0 Å². The number of hydrogen-bond acceptors (Lipinski definition) is 5. The third-order valence-corrected chi connectivity index (χ3v) is 1.59. The maximum atomic E-state index is 11.0. The maximum absolute atomic E-state index is 11.0. The van der Waals surface area contributed by atoms with Gasteiger partial charge in [-0.1, -0.05) is 0 Å². The van der Waals surface area contributed by atoms with Crippen molar-refractivity contribution in [3.63, 3.8) is 0 Å². The number of carbonyl (C=O) groups excluding carboxylic acids is 2. The third-order valence-electron chi connectivity index (χ3n) is 1.59. The molecule has 0 saturated carbocycles. The summed E-state index contributed by atoms with van der Waals surface area (Å²) in [5, 5.41) is 2.91. The van der Waals surface area contributed by atoms with E-state index in [0.717, 1.165) is 19.4 Å². The quantitative estimate of drug-likeness (QED) is 0.438. The molecule has 1 rings (SSSR count). The number of hydrogen-bond donors (Lipinski definition) is 1. The van der Waals surface area contributed by atoms with Gasteiger partial charge in [-0.05, 0) is 19.4 Å². The predicted octanol–water partition coefficient (Wildman–Crippen LogP) is -0.240. The summed E-state index contributed by atoms with van der Waals surface area (Å²) in [4.78, 5) is 29.6.